The summed E-state index contributed by atoms with van der Waals surface area (Å²) in [6, 6.07) is 19.3. The zero-order chi connectivity index (χ0) is 21.8. The molecule has 31 heavy (non-hydrogen) atoms. The quantitative estimate of drug-likeness (QED) is 0.556. The van der Waals surface area contributed by atoms with Gasteiger partial charge in [0.2, 0.25) is 5.89 Å². The van der Waals surface area contributed by atoms with Crippen LogP contribution in [-0.2, 0) is 25.0 Å². The molecule has 1 amide bonds. The predicted octanol–water partition coefficient (Wildman–Crippen LogP) is 5.07. The molecule has 1 heterocycles. The molecule has 162 valence electrons. The number of oxazole rings is 1. The first-order valence-electron chi connectivity index (χ1n) is 11.0. The average Bonchev–Trinajstić information content (AvgIpc) is 3.50. The van der Waals surface area contributed by atoms with Gasteiger partial charge in [0.05, 0.1) is 6.54 Å². The lowest BCUT2D eigenvalue weighted by atomic mass is 9.87. The van der Waals surface area contributed by atoms with E-state index < -0.39 is 0 Å². The van der Waals surface area contributed by atoms with Gasteiger partial charge in [-0.2, -0.15) is 0 Å². The van der Waals surface area contributed by atoms with Crippen LogP contribution in [0.15, 0.2) is 65.3 Å². The Bertz CT molecular complexity index is 999. The summed E-state index contributed by atoms with van der Waals surface area (Å²) in [4.78, 5) is 19.3. The summed E-state index contributed by atoms with van der Waals surface area (Å²) in [5, 5.41) is 2.90. The minimum absolute atomic E-state index is 0.157. The maximum atomic E-state index is 12.4. The lowest BCUT2D eigenvalue weighted by Gasteiger charge is -2.22. The predicted molar refractivity (Wildman–Crippen MR) is 122 cm³/mol. The van der Waals surface area contributed by atoms with E-state index in [9.17, 15) is 4.79 Å². The number of nitrogens with zero attached hydrogens (tertiary/aromatic N) is 2. The Balaban J connectivity index is 1.36. The Morgan fingerprint density at radius 1 is 1.03 bits per heavy atom. The van der Waals surface area contributed by atoms with Crippen molar-refractivity contribution < 1.29 is 9.21 Å². The van der Waals surface area contributed by atoms with Crippen LogP contribution in [0.5, 0.6) is 0 Å². The Labute approximate surface area is 184 Å². The monoisotopic (exact) mass is 417 g/mol. The highest BCUT2D eigenvalue weighted by atomic mass is 16.3. The van der Waals surface area contributed by atoms with Crippen molar-refractivity contribution in [2.45, 2.75) is 64.7 Å². The third-order valence-electron chi connectivity index (χ3n) is 5.69. The number of carbonyl (C=O) groups is 1. The van der Waals surface area contributed by atoms with Gasteiger partial charge < -0.3 is 9.73 Å². The summed E-state index contributed by atoms with van der Waals surface area (Å²) in [5.41, 5.74) is 4.16. The molecule has 4 rings (SSSR count). The number of hydrogen-bond donors (Lipinski definition) is 1. The number of hydrogen-bond acceptors (Lipinski definition) is 4. The van der Waals surface area contributed by atoms with E-state index >= 15 is 0 Å². The molecule has 0 aliphatic heterocycles. The van der Waals surface area contributed by atoms with Crippen LogP contribution in [0, 0.1) is 0 Å². The molecule has 3 aromatic rings. The summed E-state index contributed by atoms with van der Waals surface area (Å²) in [6.07, 6.45) is 3.86. The fraction of sp³-hybridized carbons (Fsp3) is 0.385. The summed E-state index contributed by atoms with van der Waals surface area (Å²) in [5.74, 6) is 0.373. The number of carbonyl (C=O) groups excluding carboxylic acids is 1. The zero-order valence-corrected chi connectivity index (χ0v) is 18.6. The molecule has 5 heteroatoms. The fourth-order valence-electron chi connectivity index (χ4n) is 3.63. The van der Waals surface area contributed by atoms with Crippen molar-refractivity contribution >= 4 is 5.91 Å². The maximum Gasteiger partial charge on any atom is 0.273 e. The Kier molecular flexibility index (Phi) is 6.23. The van der Waals surface area contributed by atoms with Gasteiger partial charge in [-0.05, 0) is 34.9 Å². The topological polar surface area (TPSA) is 58.4 Å². The van der Waals surface area contributed by atoms with Crippen LogP contribution in [0.25, 0.3) is 0 Å². The highest BCUT2D eigenvalue weighted by Gasteiger charge is 2.30. The second kappa shape index (κ2) is 9.06. The standard InChI is InChI=1S/C26H31N3O2/c1-26(2,3)21-11-9-20(10-12-21)16-29(22-13-14-22)17-24-28-23(18-31-24)25(30)27-15-19-7-5-4-6-8-19/h4-12,18,22H,13-17H2,1-3H3,(H,27,30). The first-order valence-corrected chi connectivity index (χ1v) is 11.0. The van der Waals surface area contributed by atoms with Crippen LogP contribution in [0.4, 0.5) is 0 Å². The molecule has 0 atom stereocenters. The van der Waals surface area contributed by atoms with Crippen LogP contribution < -0.4 is 5.32 Å². The molecule has 0 bridgehead atoms. The van der Waals surface area contributed by atoms with Crippen molar-refractivity contribution in [3.8, 4) is 0 Å². The number of aromatic nitrogens is 1. The first kappa shape index (κ1) is 21.3. The number of amides is 1. The van der Waals surface area contributed by atoms with Gasteiger partial charge in [-0.15, -0.1) is 0 Å². The fourth-order valence-corrected chi connectivity index (χ4v) is 3.63. The lowest BCUT2D eigenvalue weighted by molar-refractivity contribution is 0.0945. The van der Waals surface area contributed by atoms with E-state index in [0.29, 0.717) is 30.7 Å². The van der Waals surface area contributed by atoms with Gasteiger partial charge in [0.15, 0.2) is 5.69 Å². The number of nitrogens with one attached hydrogen (secondary N) is 1. The molecule has 1 aromatic heterocycles. The Hall–Kier alpha value is -2.92. The summed E-state index contributed by atoms with van der Waals surface area (Å²) in [7, 11) is 0. The Morgan fingerprint density at radius 3 is 2.39 bits per heavy atom. The third-order valence-corrected chi connectivity index (χ3v) is 5.69. The van der Waals surface area contributed by atoms with E-state index in [2.05, 4.69) is 60.2 Å². The van der Waals surface area contributed by atoms with Crippen molar-refractivity contribution in [2.24, 2.45) is 0 Å². The largest absolute Gasteiger partial charge is 0.447 e. The van der Waals surface area contributed by atoms with Gasteiger partial charge in [0, 0.05) is 19.1 Å². The first-order chi connectivity index (χ1) is 14.9. The highest BCUT2D eigenvalue weighted by Crippen LogP contribution is 2.30. The smallest absolute Gasteiger partial charge is 0.273 e. The van der Waals surface area contributed by atoms with Crippen LogP contribution in [-0.4, -0.2) is 21.8 Å². The average molecular weight is 418 g/mol. The van der Waals surface area contributed by atoms with Crippen molar-refractivity contribution in [2.75, 3.05) is 0 Å². The van der Waals surface area contributed by atoms with Crippen molar-refractivity contribution in [1.29, 1.82) is 0 Å². The van der Waals surface area contributed by atoms with Gasteiger partial charge in [0.25, 0.3) is 5.91 Å². The van der Waals surface area contributed by atoms with Crippen LogP contribution >= 0.6 is 0 Å². The second-order valence-corrected chi connectivity index (χ2v) is 9.38. The molecule has 0 unspecified atom stereocenters. The molecule has 1 N–H and O–H groups in total. The lowest BCUT2D eigenvalue weighted by Crippen LogP contribution is -2.26. The molecule has 0 spiro atoms. The molecule has 5 nitrogen and oxygen atoms in total. The van der Waals surface area contributed by atoms with Gasteiger partial charge >= 0.3 is 0 Å². The van der Waals surface area contributed by atoms with Gasteiger partial charge in [0.1, 0.15) is 6.26 Å². The van der Waals surface area contributed by atoms with E-state index in [1.165, 1.54) is 30.2 Å². The molecule has 0 radical (unpaired) electrons. The normalized spacial score (nSPS) is 14.1. The van der Waals surface area contributed by atoms with Crippen LogP contribution in [0.2, 0.25) is 0 Å². The van der Waals surface area contributed by atoms with E-state index in [4.69, 9.17) is 4.42 Å². The summed E-state index contributed by atoms with van der Waals surface area (Å²) < 4.78 is 5.63. The highest BCUT2D eigenvalue weighted by molar-refractivity contribution is 5.91. The van der Waals surface area contributed by atoms with Gasteiger partial charge in [-0.1, -0.05) is 75.4 Å². The SMILES string of the molecule is CC(C)(C)c1ccc(CN(Cc2nc(C(=O)NCc3ccccc3)co2)C2CC2)cc1. The second-order valence-electron chi connectivity index (χ2n) is 9.38. The van der Waals surface area contributed by atoms with Gasteiger partial charge in [-0.25, -0.2) is 4.98 Å². The maximum absolute atomic E-state index is 12.4. The molecular formula is C26H31N3O2. The van der Waals surface area contributed by atoms with E-state index in [0.717, 1.165) is 12.1 Å². The molecule has 2 aromatic carbocycles. The van der Waals surface area contributed by atoms with E-state index in [-0.39, 0.29) is 11.3 Å². The summed E-state index contributed by atoms with van der Waals surface area (Å²) in [6.45, 7) is 8.63. The minimum Gasteiger partial charge on any atom is -0.447 e. The summed E-state index contributed by atoms with van der Waals surface area (Å²) >= 11 is 0. The van der Waals surface area contributed by atoms with Crippen molar-refractivity contribution in [3.63, 3.8) is 0 Å². The number of benzene rings is 2. The van der Waals surface area contributed by atoms with Crippen molar-refractivity contribution in [3.05, 3.63) is 89.1 Å². The third kappa shape index (κ3) is 5.82. The van der Waals surface area contributed by atoms with Gasteiger partial charge in [-0.3, -0.25) is 9.69 Å². The Morgan fingerprint density at radius 2 is 1.74 bits per heavy atom. The minimum atomic E-state index is -0.213. The molecule has 1 aliphatic rings. The molecule has 1 aliphatic carbocycles. The zero-order valence-electron chi connectivity index (χ0n) is 18.6. The molecule has 0 saturated heterocycles. The van der Waals surface area contributed by atoms with Crippen LogP contribution in [0.1, 0.15) is 66.7 Å². The van der Waals surface area contributed by atoms with Crippen LogP contribution in [0.3, 0.4) is 0 Å². The molecular weight excluding hydrogens is 386 g/mol. The number of rotatable bonds is 8. The molecule has 1 fully saturated rings. The van der Waals surface area contributed by atoms with E-state index in [1.54, 1.807) is 0 Å². The van der Waals surface area contributed by atoms with Crippen molar-refractivity contribution in [1.82, 2.24) is 15.2 Å². The van der Waals surface area contributed by atoms with E-state index in [1.807, 2.05) is 30.3 Å². The molecule has 1 saturated carbocycles.